The molecule has 3 heterocycles. The number of carbonyl (C=O) groups is 1. The number of hydrogen-bond donors (Lipinski definition) is 0. The molecule has 0 aliphatic carbocycles. The van der Waals surface area contributed by atoms with Crippen molar-refractivity contribution in [2.75, 3.05) is 6.54 Å². The van der Waals surface area contributed by atoms with Gasteiger partial charge in [0, 0.05) is 30.2 Å². The molecule has 1 amide bonds. The largest absolute Gasteiger partial charge is 0.330 e. The molecule has 0 radical (unpaired) electrons. The molecular weight excluding hydrogens is 304 g/mol. The summed E-state index contributed by atoms with van der Waals surface area (Å²) in [5, 5.41) is 7.61. The minimum atomic E-state index is -0.00947. The van der Waals surface area contributed by atoms with Gasteiger partial charge in [-0.3, -0.25) is 19.3 Å². The second kappa shape index (κ2) is 6.19. The average molecular weight is 320 g/mol. The minimum Gasteiger partial charge on any atom is -0.330 e. The van der Waals surface area contributed by atoms with Crippen molar-refractivity contribution in [2.24, 2.45) is 0 Å². The molecule has 1 unspecified atom stereocenters. The van der Waals surface area contributed by atoms with Crippen LogP contribution in [-0.4, -0.2) is 42.1 Å². The van der Waals surface area contributed by atoms with Crippen molar-refractivity contribution in [1.29, 1.82) is 0 Å². The van der Waals surface area contributed by atoms with Crippen molar-refractivity contribution in [3.8, 4) is 5.69 Å². The van der Waals surface area contributed by atoms with Crippen molar-refractivity contribution in [3.63, 3.8) is 0 Å². The van der Waals surface area contributed by atoms with E-state index in [2.05, 4.69) is 20.2 Å². The molecule has 1 saturated heterocycles. The number of rotatable bonds is 3. The van der Waals surface area contributed by atoms with E-state index >= 15 is 0 Å². The SMILES string of the molecule is O=C(c1cccc(-n2cnnc2)c1)N1CCCC1c1cnccn1. The maximum Gasteiger partial charge on any atom is 0.254 e. The Hall–Kier alpha value is -3.09. The van der Waals surface area contributed by atoms with Gasteiger partial charge in [-0.2, -0.15) is 0 Å². The summed E-state index contributed by atoms with van der Waals surface area (Å²) in [5.41, 5.74) is 2.36. The van der Waals surface area contributed by atoms with E-state index in [0.29, 0.717) is 5.56 Å². The molecule has 0 N–H and O–H groups in total. The summed E-state index contributed by atoms with van der Waals surface area (Å²) in [6, 6.07) is 7.48. The number of aromatic nitrogens is 5. The van der Waals surface area contributed by atoms with Crippen LogP contribution in [0.2, 0.25) is 0 Å². The van der Waals surface area contributed by atoms with Gasteiger partial charge in [-0.25, -0.2) is 0 Å². The van der Waals surface area contributed by atoms with Gasteiger partial charge in [-0.1, -0.05) is 6.07 Å². The molecule has 7 nitrogen and oxygen atoms in total. The average Bonchev–Trinajstić information content (AvgIpc) is 3.34. The van der Waals surface area contributed by atoms with E-state index in [1.165, 1.54) is 0 Å². The van der Waals surface area contributed by atoms with Crippen molar-refractivity contribution in [1.82, 2.24) is 29.6 Å². The highest BCUT2D eigenvalue weighted by Gasteiger charge is 2.31. The molecular formula is C17H16N6O. The fourth-order valence-corrected chi connectivity index (χ4v) is 3.10. The fourth-order valence-electron chi connectivity index (χ4n) is 3.10. The van der Waals surface area contributed by atoms with E-state index in [-0.39, 0.29) is 11.9 Å². The molecule has 1 aliphatic heterocycles. The Balaban J connectivity index is 1.62. The van der Waals surface area contributed by atoms with Gasteiger partial charge >= 0.3 is 0 Å². The summed E-state index contributed by atoms with van der Waals surface area (Å²) in [4.78, 5) is 23.4. The predicted molar refractivity (Wildman–Crippen MR) is 86.4 cm³/mol. The van der Waals surface area contributed by atoms with E-state index in [1.807, 2.05) is 29.2 Å². The lowest BCUT2D eigenvalue weighted by Crippen LogP contribution is -2.31. The smallest absolute Gasteiger partial charge is 0.254 e. The van der Waals surface area contributed by atoms with Crippen molar-refractivity contribution in [3.05, 3.63) is 66.8 Å². The molecule has 0 bridgehead atoms. The third kappa shape index (κ3) is 2.64. The summed E-state index contributed by atoms with van der Waals surface area (Å²) >= 11 is 0. The number of carbonyl (C=O) groups excluding carboxylic acids is 1. The zero-order valence-electron chi connectivity index (χ0n) is 13.0. The maximum absolute atomic E-state index is 13.0. The summed E-state index contributed by atoms with van der Waals surface area (Å²) in [6.45, 7) is 0.733. The Kier molecular flexibility index (Phi) is 3.74. The van der Waals surface area contributed by atoms with Crippen LogP contribution in [0, 0.1) is 0 Å². The summed E-state index contributed by atoms with van der Waals surface area (Å²) in [5.74, 6) is 0.0121. The van der Waals surface area contributed by atoms with Gasteiger partial charge in [0.2, 0.25) is 0 Å². The third-order valence-electron chi connectivity index (χ3n) is 4.25. The van der Waals surface area contributed by atoms with Crippen molar-refractivity contribution >= 4 is 5.91 Å². The molecule has 7 heteroatoms. The van der Waals surface area contributed by atoms with Crippen LogP contribution < -0.4 is 0 Å². The lowest BCUT2D eigenvalue weighted by molar-refractivity contribution is 0.0732. The van der Waals surface area contributed by atoms with Gasteiger partial charge in [0.1, 0.15) is 12.7 Å². The zero-order valence-corrected chi connectivity index (χ0v) is 13.0. The molecule has 1 fully saturated rings. The molecule has 120 valence electrons. The number of likely N-dealkylation sites (tertiary alicyclic amines) is 1. The highest BCUT2D eigenvalue weighted by molar-refractivity contribution is 5.95. The van der Waals surface area contributed by atoms with Crippen molar-refractivity contribution in [2.45, 2.75) is 18.9 Å². The van der Waals surface area contributed by atoms with Gasteiger partial charge in [0.15, 0.2) is 0 Å². The van der Waals surface area contributed by atoms with Gasteiger partial charge in [-0.15, -0.1) is 10.2 Å². The number of hydrogen-bond acceptors (Lipinski definition) is 5. The Morgan fingerprint density at radius 1 is 1.17 bits per heavy atom. The van der Waals surface area contributed by atoms with E-state index < -0.39 is 0 Å². The number of amides is 1. The molecule has 1 aliphatic rings. The quantitative estimate of drug-likeness (QED) is 0.738. The van der Waals surface area contributed by atoms with Gasteiger partial charge in [-0.05, 0) is 31.0 Å². The number of nitrogens with zero attached hydrogens (tertiary/aromatic N) is 6. The Bertz CT molecular complexity index is 833. The highest BCUT2D eigenvalue weighted by atomic mass is 16.2. The van der Waals surface area contributed by atoms with Gasteiger partial charge < -0.3 is 4.90 Å². The van der Waals surface area contributed by atoms with Gasteiger partial charge in [0.05, 0.1) is 17.9 Å². The Morgan fingerprint density at radius 2 is 2.04 bits per heavy atom. The lowest BCUT2D eigenvalue weighted by Gasteiger charge is -2.24. The normalized spacial score (nSPS) is 17.2. The molecule has 0 saturated carbocycles. The van der Waals surface area contributed by atoms with E-state index in [4.69, 9.17) is 0 Å². The van der Waals surface area contributed by atoms with Crippen LogP contribution in [0.15, 0.2) is 55.5 Å². The molecule has 3 aromatic rings. The highest BCUT2D eigenvalue weighted by Crippen LogP contribution is 2.31. The molecule has 24 heavy (non-hydrogen) atoms. The standard InChI is InChI=1S/C17H16N6O/c24-17(13-3-1-4-14(9-13)22-11-20-21-12-22)23-8-2-5-16(23)15-10-18-6-7-19-15/h1,3-4,6-7,9-12,16H,2,5,8H2. The van der Waals surface area contributed by atoms with Crippen LogP contribution >= 0.6 is 0 Å². The predicted octanol–water partition coefficient (Wildman–Crippen LogP) is 2.03. The number of benzene rings is 1. The fraction of sp³-hybridized carbons (Fsp3) is 0.235. The lowest BCUT2D eigenvalue weighted by atomic mass is 10.1. The third-order valence-corrected chi connectivity index (χ3v) is 4.25. The molecule has 4 rings (SSSR count). The monoisotopic (exact) mass is 320 g/mol. The first kappa shape index (κ1) is 14.5. The van der Waals surface area contributed by atoms with Crippen LogP contribution in [-0.2, 0) is 0 Å². The summed E-state index contributed by atoms with van der Waals surface area (Å²) < 4.78 is 1.78. The minimum absolute atomic E-state index is 0.00947. The second-order valence-electron chi connectivity index (χ2n) is 5.71. The molecule has 0 spiro atoms. The topological polar surface area (TPSA) is 76.8 Å². The molecule has 2 aromatic heterocycles. The van der Waals surface area contributed by atoms with Crippen LogP contribution in [0.5, 0.6) is 0 Å². The first-order valence-corrected chi connectivity index (χ1v) is 7.85. The summed E-state index contributed by atoms with van der Waals surface area (Å²) in [6.07, 6.45) is 10.2. The van der Waals surface area contributed by atoms with Crippen LogP contribution in [0.1, 0.15) is 34.9 Å². The second-order valence-corrected chi connectivity index (χ2v) is 5.71. The Labute approximate surface area is 139 Å². The van der Waals surface area contributed by atoms with Crippen LogP contribution in [0.3, 0.4) is 0 Å². The van der Waals surface area contributed by atoms with Crippen LogP contribution in [0.4, 0.5) is 0 Å². The summed E-state index contributed by atoms with van der Waals surface area (Å²) in [7, 11) is 0. The first-order chi connectivity index (χ1) is 11.8. The molecule has 1 aromatic carbocycles. The van der Waals surface area contributed by atoms with E-state index in [9.17, 15) is 4.79 Å². The molecule has 1 atom stereocenters. The van der Waals surface area contributed by atoms with Crippen molar-refractivity contribution < 1.29 is 4.79 Å². The Morgan fingerprint density at radius 3 is 2.83 bits per heavy atom. The van der Waals surface area contributed by atoms with E-state index in [1.54, 1.807) is 35.8 Å². The van der Waals surface area contributed by atoms with E-state index in [0.717, 1.165) is 30.8 Å². The zero-order chi connectivity index (χ0) is 16.4. The van der Waals surface area contributed by atoms with Gasteiger partial charge in [0.25, 0.3) is 5.91 Å². The van der Waals surface area contributed by atoms with Crippen LogP contribution in [0.25, 0.3) is 5.69 Å². The first-order valence-electron chi connectivity index (χ1n) is 7.85. The maximum atomic E-state index is 13.0.